The Labute approximate surface area is 167 Å². The van der Waals surface area contributed by atoms with Crippen molar-refractivity contribution in [3.63, 3.8) is 0 Å². The molecule has 1 unspecified atom stereocenters. The number of hydrogen-bond donors (Lipinski definition) is 1. The normalized spacial score (nSPS) is 20.2. The summed E-state index contributed by atoms with van der Waals surface area (Å²) >= 11 is 13.7. The maximum Gasteiger partial charge on any atom is 0.322 e. The van der Waals surface area contributed by atoms with Gasteiger partial charge in [0.1, 0.15) is 0 Å². The quantitative estimate of drug-likeness (QED) is 0.790. The summed E-state index contributed by atoms with van der Waals surface area (Å²) in [7, 11) is 0. The Bertz CT molecular complexity index is 810. The first kappa shape index (κ1) is 18.1. The third-order valence-electron chi connectivity index (χ3n) is 5.02. The Balaban J connectivity index is 1.36. The summed E-state index contributed by atoms with van der Waals surface area (Å²) in [6.45, 7) is 3.55. The number of amides is 2. The Morgan fingerprint density at radius 1 is 1.23 bits per heavy atom. The second-order valence-electron chi connectivity index (χ2n) is 6.90. The molecule has 0 spiro atoms. The van der Waals surface area contributed by atoms with Gasteiger partial charge in [0, 0.05) is 41.3 Å². The number of thiophene rings is 1. The molecule has 1 aromatic heterocycles. The lowest BCUT2D eigenvalue weighted by atomic mass is 10.1. The summed E-state index contributed by atoms with van der Waals surface area (Å²) in [5.74, 6) is 0. The van der Waals surface area contributed by atoms with Crippen LogP contribution in [0.15, 0.2) is 30.3 Å². The van der Waals surface area contributed by atoms with Crippen molar-refractivity contribution in [1.29, 1.82) is 0 Å². The van der Waals surface area contributed by atoms with Gasteiger partial charge in [-0.05, 0) is 61.7 Å². The lowest BCUT2D eigenvalue weighted by Gasteiger charge is -2.33. The molecule has 1 N–H and O–H groups in total. The fourth-order valence-electron chi connectivity index (χ4n) is 3.81. The number of urea groups is 1. The lowest BCUT2D eigenvalue weighted by molar-refractivity contribution is 0.183. The minimum Gasteiger partial charge on any atom is -0.334 e. The maximum atomic E-state index is 12.8. The van der Waals surface area contributed by atoms with Crippen molar-refractivity contribution in [3.8, 4) is 0 Å². The van der Waals surface area contributed by atoms with Gasteiger partial charge in [-0.25, -0.2) is 4.79 Å². The third kappa shape index (κ3) is 4.01. The van der Waals surface area contributed by atoms with Crippen LogP contribution in [0.2, 0.25) is 9.36 Å². The standard InChI is InChI=1S/C19H21Cl2N3OS/c20-14-3-5-17-13(10-14)7-9-24(17)19(25)22-15-2-1-8-23(11-15)12-16-4-6-18(21)26-16/h3-6,10,15H,1-2,7-9,11-12H2,(H,22,25). The number of likely N-dealkylation sites (tertiary alicyclic amines) is 1. The van der Waals surface area contributed by atoms with E-state index in [0.29, 0.717) is 6.54 Å². The molecule has 1 fully saturated rings. The monoisotopic (exact) mass is 409 g/mol. The summed E-state index contributed by atoms with van der Waals surface area (Å²) in [5, 5.41) is 3.95. The molecular weight excluding hydrogens is 389 g/mol. The number of carbonyl (C=O) groups is 1. The van der Waals surface area contributed by atoms with E-state index in [1.807, 2.05) is 29.2 Å². The zero-order valence-electron chi connectivity index (χ0n) is 14.4. The predicted molar refractivity (Wildman–Crippen MR) is 109 cm³/mol. The Hall–Kier alpha value is -1.27. The van der Waals surface area contributed by atoms with Gasteiger partial charge in [0.25, 0.3) is 0 Å². The topological polar surface area (TPSA) is 35.6 Å². The number of piperidine rings is 1. The largest absolute Gasteiger partial charge is 0.334 e. The first-order valence-corrected chi connectivity index (χ1v) is 10.5. The summed E-state index contributed by atoms with van der Waals surface area (Å²) < 4.78 is 0.828. The van der Waals surface area contributed by atoms with E-state index in [2.05, 4.69) is 16.3 Å². The van der Waals surface area contributed by atoms with Crippen molar-refractivity contribution in [3.05, 3.63) is 50.1 Å². The molecule has 0 aliphatic carbocycles. The number of halogens is 2. The average molecular weight is 410 g/mol. The van der Waals surface area contributed by atoms with E-state index in [4.69, 9.17) is 23.2 Å². The van der Waals surface area contributed by atoms with E-state index in [-0.39, 0.29) is 12.1 Å². The molecule has 2 amide bonds. The number of carbonyl (C=O) groups excluding carboxylic acids is 1. The van der Waals surface area contributed by atoms with Crippen molar-refractivity contribution in [1.82, 2.24) is 10.2 Å². The summed E-state index contributed by atoms with van der Waals surface area (Å²) in [6.07, 6.45) is 2.98. The first-order chi connectivity index (χ1) is 12.6. The van der Waals surface area contributed by atoms with Crippen molar-refractivity contribution in [2.45, 2.75) is 31.8 Å². The molecule has 1 saturated heterocycles. The van der Waals surface area contributed by atoms with Crippen LogP contribution >= 0.6 is 34.5 Å². The van der Waals surface area contributed by atoms with Crippen LogP contribution in [0, 0.1) is 0 Å². The minimum absolute atomic E-state index is 0.00269. The van der Waals surface area contributed by atoms with Gasteiger partial charge in [-0.2, -0.15) is 0 Å². The molecule has 1 atom stereocenters. The van der Waals surface area contributed by atoms with E-state index in [1.165, 1.54) is 4.88 Å². The highest BCUT2D eigenvalue weighted by Crippen LogP contribution is 2.30. The number of benzene rings is 1. The molecule has 2 aliphatic heterocycles. The Kier molecular flexibility index (Phi) is 5.41. The smallest absolute Gasteiger partial charge is 0.322 e. The molecular formula is C19H21Cl2N3OS. The van der Waals surface area contributed by atoms with Gasteiger partial charge in [-0.1, -0.05) is 23.2 Å². The molecule has 4 nitrogen and oxygen atoms in total. The fraction of sp³-hybridized carbons (Fsp3) is 0.421. The lowest BCUT2D eigenvalue weighted by Crippen LogP contribution is -2.51. The highest BCUT2D eigenvalue weighted by Gasteiger charge is 2.28. The van der Waals surface area contributed by atoms with Crippen molar-refractivity contribution < 1.29 is 4.79 Å². The maximum absolute atomic E-state index is 12.8. The van der Waals surface area contributed by atoms with Gasteiger partial charge in [0.15, 0.2) is 0 Å². The van der Waals surface area contributed by atoms with Crippen molar-refractivity contribution >= 4 is 46.3 Å². The van der Waals surface area contributed by atoms with Crippen LogP contribution in [-0.2, 0) is 13.0 Å². The molecule has 2 aromatic rings. The van der Waals surface area contributed by atoms with Crippen LogP contribution in [-0.4, -0.2) is 36.6 Å². The first-order valence-electron chi connectivity index (χ1n) is 8.91. The van der Waals surface area contributed by atoms with Gasteiger partial charge in [0.2, 0.25) is 0 Å². The molecule has 7 heteroatoms. The fourth-order valence-corrected chi connectivity index (χ4v) is 5.13. The molecule has 0 saturated carbocycles. The van der Waals surface area contributed by atoms with E-state index in [1.54, 1.807) is 11.3 Å². The molecule has 2 aliphatic rings. The van der Waals surface area contributed by atoms with Crippen LogP contribution in [0.1, 0.15) is 23.3 Å². The van der Waals surface area contributed by atoms with Crippen LogP contribution < -0.4 is 10.2 Å². The summed E-state index contributed by atoms with van der Waals surface area (Å²) in [6, 6.07) is 9.96. The van der Waals surface area contributed by atoms with Crippen LogP contribution in [0.25, 0.3) is 0 Å². The van der Waals surface area contributed by atoms with Crippen LogP contribution in [0.5, 0.6) is 0 Å². The van der Waals surface area contributed by atoms with Crippen LogP contribution in [0.4, 0.5) is 10.5 Å². The molecule has 26 heavy (non-hydrogen) atoms. The van der Waals surface area contributed by atoms with Gasteiger partial charge in [-0.3, -0.25) is 9.80 Å². The number of rotatable bonds is 3. The minimum atomic E-state index is -0.00269. The number of nitrogens with one attached hydrogen (secondary N) is 1. The molecule has 0 radical (unpaired) electrons. The molecule has 138 valence electrons. The number of hydrogen-bond acceptors (Lipinski definition) is 3. The second kappa shape index (κ2) is 7.77. The number of anilines is 1. The van der Waals surface area contributed by atoms with Crippen molar-refractivity contribution in [2.24, 2.45) is 0 Å². The van der Waals surface area contributed by atoms with Gasteiger partial charge < -0.3 is 5.32 Å². The van der Waals surface area contributed by atoms with E-state index < -0.39 is 0 Å². The number of fused-ring (bicyclic) bond motifs is 1. The molecule has 4 rings (SSSR count). The molecule has 0 bridgehead atoms. The SMILES string of the molecule is O=C(NC1CCCN(Cc2ccc(Cl)s2)C1)N1CCc2cc(Cl)ccc21. The van der Waals surface area contributed by atoms with Gasteiger partial charge in [-0.15, -0.1) is 11.3 Å². The Morgan fingerprint density at radius 2 is 2.12 bits per heavy atom. The highest BCUT2D eigenvalue weighted by atomic mass is 35.5. The van der Waals surface area contributed by atoms with Crippen LogP contribution in [0.3, 0.4) is 0 Å². The third-order valence-corrected chi connectivity index (χ3v) is 6.47. The summed E-state index contributed by atoms with van der Waals surface area (Å²) in [4.78, 5) is 18.3. The van der Waals surface area contributed by atoms with Gasteiger partial charge >= 0.3 is 6.03 Å². The average Bonchev–Trinajstić information content (AvgIpc) is 3.21. The van der Waals surface area contributed by atoms with Crippen molar-refractivity contribution in [2.75, 3.05) is 24.5 Å². The van der Waals surface area contributed by atoms with Gasteiger partial charge in [0.05, 0.1) is 4.34 Å². The zero-order valence-corrected chi connectivity index (χ0v) is 16.7. The van der Waals surface area contributed by atoms with E-state index in [0.717, 1.165) is 59.5 Å². The highest BCUT2D eigenvalue weighted by molar-refractivity contribution is 7.16. The second-order valence-corrected chi connectivity index (χ2v) is 9.14. The Morgan fingerprint density at radius 3 is 2.92 bits per heavy atom. The molecule has 3 heterocycles. The van der Waals surface area contributed by atoms with E-state index in [9.17, 15) is 4.79 Å². The summed E-state index contributed by atoms with van der Waals surface area (Å²) in [5.41, 5.74) is 2.13. The number of nitrogens with zero attached hydrogens (tertiary/aromatic N) is 2. The predicted octanol–water partition coefficient (Wildman–Crippen LogP) is 4.79. The zero-order chi connectivity index (χ0) is 18.1. The van der Waals surface area contributed by atoms with E-state index >= 15 is 0 Å². The molecule has 1 aromatic carbocycles.